The van der Waals surface area contributed by atoms with Crippen molar-refractivity contribution in [3.63, 3.8) is 0 Å². The second kappa shape index (κ2) is 7.99. The Kier molecular flexibility index (Phi) is 5.49. The Morgan fingerprint density at radius 2 is 1.64 bits per heavy atom. The minimum absolute atomic E-state index is 0.0400. The van der Waals surface area contributed by atoms with Crippen LogP contribution in [0.1, 0.15) is 35.4 Å². The highest BCUT2D eigenvalue weighted by Crippen LogP contribution is 2.43. The van der Waals surface area contributed by atoms with Crippen molar-refractivity contribution in [3.05, 3.63) is 47.5 Å². The van der Waals surface area contributed by atoms with Gasteiger partial charge in [-0.15, -0.1) is 0 Å². The van der Waals surface area contributed by atoms with E-state index in [4.69, 9.17) is 14.2 Å². The number of nitrogens with one attached hydrogen (secondary N) is 2. The maximum Gasteiger partial charge on any atom is 0.343 e. The Morgan fingerprint density at radius 1 is 1.00 bits per heavy atom. The first-order valence-corrected chi connectivity index (χ1v) is 8.56. The van der Waals surface area contributed by atoms with E-state index < -0.39 is 12.1 Å². The van der Waals surface area contributed by atoms with Gasteiger partial charge in [-0.25, -0.2) is 4.79 Å². The molecule has 0 aliphatic carbocycles. The number of fused-ring (bicyclic) bond motifs is 1. The largest absolute Gasteiger partial charge is 0.493 e. The summed E-state index contributed by atoms with van der Waals surface area (Å²) >= 11 is 0. The molecule has 1 heterocycles. The van der Waals surface area contributed by atoms with Crippen LogP contribution < -0.4 is 20.1 Å². The Labute approximate surface area is 161 Å². The minimum Gasteiger partial charge on any atom is -0.493 e. The molecule has 0 bridgehead atoms. The van der Waals surface area contributed by atoms with Crippen LogP contribution in [0.3, 0.4) is 0 Å². The number of benzene rings is 2. The summed E-state index contributed by atoms with van der Waals surface area (Å²) in [4.78, 5) is 35.7. The van der Waals surface area contributed by atoms with Gasteiger partial charge in [0, 0.05) is 23.9 Å². The van der Waals surface area contributed by atoms with Crippen LogP contribution in [0.5, 0.6) is 11.5 Å². The number of amides is 2. The summed E-state index contributed by atoms with van der Waals surface area (Å²) in [6.45, 7) is 1.42. The third kappa shape index (κ3) is 3.90. The summed E-state index contributed by atoms with van der Waals surface area (Å²) in [7, 11) is 2.92. The van der Waals surface area contributed by atoms with E-state index in [1.54, 1.807) is 36.4 Å². The molecule has 2 aromatic rings. The summed E-state index contributed by atoms with van der Waals surface area (Å²) in [5, 5.41) is 5.40. The molecule has 8 nitrogen and oxygen atoms in total. The van der Waals surface area contributed by atoms with E-state index >= 15 is 0 Å². The van der Waals surface area contributed by atoms with Gasteiger partial charge in [0.15, 0.2) is 11.5 Å². The topological polar surface area (TPSA) is 103 Å². The van der Waals surface area contributed by atoms with Gasteiger partial charge in [0.05, 0.1) is 20.6 Å². The standard InChI is InChI=1S/C20H20N2O6/c1-11(23)21-12-4-6-13(7-5-12)22-17(24)10-16-14-8-9-15(26-2)19(27-3)18(14)20(25)28-16/h4-9,16H,10H2,1-3H3,(H,21,23)(H,22,24)/t16-/m1/s1. The lowest BCUT2D eigenvalue weighted by molar-refractivity contribution is -0.118. The molecule has 1 atom stereocenters. The number of rotatable bonds is 6. The maximum atomic E-state index is 12.4. The smallest absolute Gasteiger partial charge is 0.343 e. The lowest BCUT2D eigenvalue weighted by Gasteiger charge is -2.13. The molecule has 28 heavy (non-hydrogen) atoms. The zero-order chi connectivity index (χ0) is 20.3. The van der Waals surface area contributed by atoms with Crippen LogP contribution >= 0.6 is 0 Å². The van der Waals surface area contributed by atoms with E-state index in [2.05, 4.69) is 10.6 Å². The Bertz CT molecular complexity index is 923. The van der Waals surface area contributed by atoms with Crippen LogP contribution in [-0.2, 0) is 14.3 Å². The van der Waals surface area contributed by atoms with Crippen molar-refractivity contribution < 1.29 is 28.6 Å². The third-order valence-electron chi connectivity index (χ3n) is 4.24. The lowest BCUT2D eigenvalue weighted by Crippen LogP contribution is -2.15. The molecule has 3 rings (SSSR count). The third-order valence-corrected chi connectivity index (χ3v) is 4.24. The van der Waals surface area contributed by atoms with Crippen molar-refractivity contribution in [2.45, 2.75) is 19.4 Å². The predicted molar refractivity (Wildman–Crippen MR) is 102 cm³/mol. The SMILES string of the molecule is COc1ccc2c(c1OC)C(=O)O[C@@H]2CC(=O)Nc1ccc(NC(C)=O)cc1. The zero-order valence-corrected chi connectivity index (χ0v) is 15.7. The fourth-order valence-electron chi connectivity index (χ4n) is 3.04. The molecule has 8 heteroatoms. The number of ether oxygens (including phenoxy) is 3. The monoisotopic (exact) mass is 384 g/mol. The molecule has 0 aromatic heterocycles. The van der Waals surface area contributed by atoms with Gasteiger partial charge in [-0.2, -0.15) is 0 Å². The average Bonchev–Trinajstić information content (AvgIpc) is 2.97. The summed E-state index contributed by atoms with van der Waals surface area (Å²) in [6, 6.07) is 10.1. The summed E-state index contributed by atoms with van der Waals surface area (Å²) < 4.78 is 15.8. The Hall–Kier alpha value is -3.55. The first kappa shape index (κ1) is 19.2. The van der Waals surface area contributed by atoms with Gasteiger partial charge >= 0.3 is 5.97 Å². The van der Waals surface area contributed by atoms with E-state index in [-0.39, 0.29) is 23.8 Å². The number of methoxy groups -OCH3 is 2. The molecule has 0 saturated heterocycles. The maximum absolute atomic E-state index is 12.4. The van der Waals surface area contributed by atoms with Crippen LogP contribution in [-0.4, -0.2) is 32.0 Å². The lowest BCUT2D eigenvalue weighted by atomic mass is 10.0. The normalized spacial score (nSPS) is 14.7. The van der Waals surface area contributed by atoms with Gasteiger partial charge in [-0.1, -0.05) is 6.07 Å². The average molecular weight is 384 g/mol. The summed E-state index contributed by atoms with van der Waals surface area (Å²) in [5.41, 5.74) is 2.05. The highest BCUT2D eigenvalue weighted by molar-refractivity contribution is 5.99. The van der Waals surface area contributed by atoms with Crippen LogP contribution in [0.25, 0.3) is 0 Å². The molecule has 1 aliphatic heterocycles. The van der Waals surface area contributed by atoms with Gasteiger partial charge in [0.25, 0.3) is 0 Å². The van der Waals surface area contributed by atoms with E-state index in [1.165, 1.54) is 21.1 Å². The van der Waals surface area contributed by atoms with Crippen molar-refractivity contribution in [1.29, 1.82) is 0 Å². The van der Waals surface area contributed by atoms with Crippen molar-refractivity contribution >= 4 is 29.2 Å². The van der Waals surface area contributed by atoms with Crippen molar-refractivity contribution in [2.24, 2.45) is 0 Å². The molecule has 0 unspecified atom stereocenters. The molecule has 0 fully saturated rings. The molecule has 0 radical (unpaired) electrons. The zero-order valence-electron chi connectivity index (χ0n) is 15.7. The molecular formula is C20H20N2O6. The fraction of sp³-hybridized carbons (Fsp3) is 0.250. The second-order valence-electron chi connectivity index (χ2n) is 6.17. The predicted octanol–water partition coefficient (Wildman–Crippen LogP) is 2.90. The molecule has 146 valence electrons. The van der Waals surface area contributed by atoms with Crippen molar-refractivity contribution in [3.8, 4) is 11.5 Å². The summed E-state index contributed by atoms with van der Waals surface area (Å²) in [6.07, 6.45) is -0.747. The molecule has 2 aromatic carbocycles. The quantitative estimate of drug-likeness (QED) is 0.743. The van der Waals surface area contributed by atoms with E-state index in [0.29, 0.717) is 28.4 Å². The number of anilines is 2. The number of hydrogen-bond acceptors (Lipinski definition) is 6. The number of hydrogen-bond donors (Lipinski definition) is 2. The minimum atomic E-state index is -0.707. The Morgan fingerprint density at radius 3 is 2.21 bits per heavy atom. The molecule has 1 aliphatic rings. The van der Waals surface area contributed by atoms with Crippen LogP contribution in [0.4, 0.5) is 11.4 Å². The second-order valence-corrected chi connectivity index (χ2v) is 6.17. The highest BCUT2D eigenvalue weighted by Gasteiger charge is 2.36. The van der Waals surface area contributed by atoms with E-state index in [0.717, 1.165) is 0 Å². The number of esters is 1. The van der Waals surface area contributed by atoms with Crippen molar-refractivity contribution in [2.75, 3.05) is 24.9 Å². The van der Waals surface area contributed by atoms with Crippen LogP contribution in [0.2, 0.25) is 0 Å². The fourth-order valence-corrected chi connectivity index (χ4v) is 3.04. The van der Waals surface area contributed by atoms with Crippen molar-refractivity contribution in [1.82, 2.24) is 0 Å². The molecule has 0 saturated carbocycles. The van der Waals surface area contributed by atoms with Gasteiger partial charge in [-0.3, -0.25) is 9.59 Å². The molecular weight excluding hydrogens is 364 g/mol. The van der Waals surface area contributed by atoms with Gasteiger partial charge in [0.1, 0.15) is 11.7 Å². The van der Waals surface area contributed by atoms with Crippen LogP contribution in [0.15, 0.2) is 36.4 Å². The first-order chi connectivity index (χ1) is 13.4. The molecule has 2 N–H and O–H groups in total. The Balaban J connectivity index is 1.71. The first-order valence-electron chi connectivity index (χ1n) is 8.56. The highest BCUT2D eigenvalue weighted by atomic mass is 16.6. The summed E-state index contributed by atoms with van der Waals surface area (Å²) in [5.74, 6) is -0.328. The van der Waals surface area contributed by atoms with Gasteiger partial charge in [-0.05, 0) is 30.3 Å². The van der Waals surface area contributed by atoms with Crippen LogP contribution in [0, 0.1) is 0 Å². The number of carbonyl (C=O) groups excluding carboxylic acids is 3. The molecule has 2 amide bonds. The number of cyclic esters (lactones) is 1. The van der Waals surface area contributed by atoms with E-state index in [1.807, 2.05) is 0 Å². The van der Waals surface area contributed by atoms with E-state index in [9.17, 15) is 14.4 Å². The van der Waals surface area contributed by atoms with Gasteiger partial charge in [0.2, 0.25) is 11.8 Å². The van der Waals surface area contributed by atoms with Gasteiger partial charge < -0.3 is 24.8 Å². The number of carbonyl (C=O) groups is 3. The molecule has 0 spiro atoms.